The lowest BCUT2D eigenvalue weighted by molar-refractivity contribution is 0.101. The van der Waals surface area contributed by atoms with Crippen molar-refractivity contribution in [1.29, 1.82) is 0 Å². The van der Waals surface area contributed by atoms with E-state index in [2.05, 4.69) is 0 Å². The van der Waals surface area contributed by atoms with Crippen LogP contribution >= 0.6 is 11.8 Å². The molecule has 0 bridgehead atoms. The molecule has 1 aromatic carbocycles. The van der Waals surface area contributed by atoms with Gasteiger partial charge in [0.1, 0.15) is 11.6 Å². The number of rotatable bonds is 4. The smallest absolute Gasteiger partial charge is 0.161 e. The number of thioether (sulfide) groups is 1. The number of furan rings is 1. The van der Waals surface area contributed by atoms with Gasteiger partial charge in [-0.05, 0) is 43.7 Å². The number of benzene rings is 1. The molecule has 0 saturated heterocycles. The highest BCUT2D eigenvalue weighted by Crippen LogP contribution is 2.29. The number of carbonyl (C=O) groups excluding carboxylic acids is 1. The van der Waals surface area contributed by atoms with Gasteiger partial charge in [-0.25, -0.2) is 4.39 Å². The van der Waals surface area contributed by atoms with Crippen LogP contribution in [0.1, 0.15) is 28.6 Å². The van der Waals surface area contributed by atoms with Crippen LogP contribution in [0.25, 0.3) is 0 Å². The molecule has 2 rings (SSSR count). The summed E-state index contributed by atoms with van der Waals surface area (Å²) in [5.41, 5.74) is 0.969. The van der Waals surface area contributed by atoms with Crippen LogP contribution in [0.3, 0.4) is 0 Å². The molecule has 18 heavy (non-hydrogen) atoms. The minimum atomic E-state index is -0.345. The van der Waals surface area contributed by atoms with Gasteiger partial charge < -0.3 is 4.42 Å². The second-order valence-corrected chi connectivity index (χ2v) is 5.04. The van der Waals surface area contributed by atoms with Crippen LogP contribution in [0, 0.1) is 12.7 Å². The summed E-state index contributed by atoms with van der Waals surface area (Å²) in [7, 11) is 0. The zero-order chi connectivity index (χ0) is 13.1. The standard InChI is InChI=1S/C14H13FO2S/c1-9-6-14(12(10(2)16)7-13(9)15)18-8-11-4-3-5-17-11/h3-7H,8H2,1-2H3. The van der Waals surface area contributed by atoms with Crippen molar-refractivity contribution in [3.05, 3.63) is 53.2 Å². The number of halogens is 1. The number of carbonyl (C=O) groups is 1. The zero-order valence-corrected chi connectivity index (χ0v) is 11.0. The van der Waals surface area contributed by atoms with E-state index in [1.54, 1.807) is 19.3 Å². The molecule has 0 aliphatic carbocycles. The number of hydrogen-bond acceptors (Lipinski definition) is 3. The molecule has 0 aliphatic rings. The van der Waals surface area contributed by atoms with Crippen molar-refractivity contribution in [3.63, 3.8) is 0 Å². The van der Waals surface area contributed by atoms with Crippen molar-refractivity contribution in [1.82, 2.24) is 0 Å². The van der Waals surface area contributed by atoms with Gasteiger partial charge in [-0.15, -0.1) is 11.8 Å². The summed E-state index contributed by atoms with van der Waals surface area (Å²) >= 11 is 1.47. The van der Waals surface area contributed by atoms with Crippen molar-refractivity contribution in [2.75, 3.05) is 0 Å². The van der Waals surface area contributed by atoms with E-state index in [0.717, 1.165) is 10.7 Å². The number of ketones is 1. The third-order valence-electron chi connectivity index (χ3n) is 2.59. The van der Waals surface area contributed by atoms with Gasteiger partial charge in [0, 0.05) is 10.5 Å². The lowest BCUT2D eigenvalue weighted by atomic mass is 10.1. The average Bonchev–Trinajstić information content (AvgIpc) is 2.83. The fourth-order valence-corrected chi connectivity index (χ4v) is 2.67. The molecule has 94 valence electrons. The van der Waals surface area contributed by atoms with Gasteiger partial charge in [0.05, 0.1) is 12.0 Å². The van der Waals surface area contributed by atoms with Gasteiger partial charge in [-0.1, -0.05) is 0 Å². The molecule has 4 heteroatoms. The van der Waals surface area contributed by atoms with Gasteiger partial charge in [-0.3, -0.25) is 4.79 Å². The largest absolute Gasteiger partial charge is 0.468 e. The first-order valence-electron chi connectivity index (χ1n) is 5.54. The second kappa shape index (κ2) is 5.40. The number of aryl methyl sites for hydroxylation is 1. The Morgan fingerprint density at radius 1 is 1.44 bits per heavy atom. The SMILES string of the molecule is CC(=O)c1cc(F)c(C)cc1SCc1ccco1. The van der Waals surface area contributed by atoms with Crippen LogP contribution < -0.4 is 0 Å². The summed E-state index contributed by atoms with van der Waals surface area (Å²) in [6.07, 6.45) is 1.61. The van der Waals surface area contributed by atoms with Crippen molar-refractivity contribution in [2.45, 2.75) is 24.5 Å². The Hall–Kier alpha value is -1.55. The first-order valence-corrected chi connectivity index (χ1v) is 6.52. The number of Topliss-reactive ketones (excluding diaryl/α,β-unsaturated/α-hetero) is 1. The molecule has 0 fully saturated rings. The quantitative estimate of drug-likeness (QED) is 0.611. The monoisotopic (exact) mass is 264 g/mol. The van der Waals surface area contributed by atoms with E-state index >= 15 is 0 Å². The third kappa shape index (κ3) is 2.82. The maximum absolute atomic E-state index is 13.5. The summed E-state index contributed by atoms with van der Waals surface area (Å²) in [5, 5.41) is 0. The van der Waals surface area contributed by atoms with Gasteiger partial charge in [0.15, 0.2) is 5.78 Å². The van der Waals surface area contributed by atoms with Crippen LogP contribution in [0.5, 0.6) is 0 Å². The van der Waals surface area contributed by atoms with Gasteiger partial charge in [0.25, 0.3) is 0 Å². The fraction of sp³-hybridized carbons (Fsp3) is 0.214. The van der Waals surface area contributed by atoms with E-state index in [0.29, 0.717) is 16.9 Å². The van der Waals surface area contributed by atoms with Gasteiger partial charge in [0.2, 0.25) is 0 Å². The Morgan fingerprint density at radius 3 is 2.83 bits per heavy atom. The Kier molecular flexibility index (Phi) is 3.87. The van der Waals surface area contributed by atoms with Gasteiger partial charge in [-0.2, -0.15) is 0 Å². The summed E-state index contributed by atoms with van der Waals surface area (Å²) in [6, 6.07) is 6.70. The topological polar surface area (TPSA) is 30.2 Å². The normalized spacial score (nSPS) is 10.6. The van der Waals surface area contributed by atoms with Crippen LogP contribution in [0.2, 0.25) is 0 Å². The zero-order valence-electron chi connectivity index (χ0n) is 10.2. The average molecular weight is 264 g/mol. The predicted octanol–water partition coefficient (Wildman–Crippen LogP) is 4.22. The maximum atomic E-state index is 13.5. The molecule has 0 spiro atoms. The van der Waals surface area contributed by atoms with E-state index in [1.807, 2.05) is 12.1 Å². The molecular formula is C14H13FO2S. The first kappa shape index (κ1) is 12.9. The molecular weight excluding hydrogens is 251 g/mol. The Balaban J connectivity index is 2.25. The fourth-order valence-electron chi connectivity index (χ4n) is 1.59. The molecule has 2 aromatic rings. The summed E-state index contributed by atoms with van der Waals surface area (Å²) in [4.78, 5) is 12.3. The van der Waals surface area contributed by atoms with E-state index < -0.39 is 0 Å². The predicted molar refractivity (Wildman–Crippen MR) is 69.4 cm³/mol. The van der Waals surface area contributed by atoms with Crippen LogP contribution in [0.15, 0.2) is 39.8 Å². The molecule has 0 radical (unpaired) electrons. The van der Waals surface area contributed by atoms with Gasteiger partial charge >= 0.3 is 0 Å². The highest BCUT2D eigenvalue weighted by atomic mass is 32.2. The molecule has 1 heterocycles. The van der Waals surface area contributed by atoms with Crippen LogP contribution in [-0.4, -0.2) is 5.78 Å². The highest BCUT2D eigenvalue weighted by molar-refractivity contribution is 7.98. The lowest BCUT2D eigenvalue weighted by Gasteiger charge is -2.08. The minimum Gasteiger partial charge on any atom is -0.468 e. The van der Waals surface area contributed by atoms with Crippen LogP contribution in [0.4, 0.5) is 4.39 Å². The number of hydrogen-bond donors (Lipinski definition) is 0. The first-order chi connectivity index (χ1) is 8.58. The molecule has 2 nitrogen and oxygen atoms in total. The highest BCUT2D eigenvalue weighted by Gasteiger charge is 2.12. The Bertz CT molecular complexity index is 561. The van der Waals surface area contributed by atoms with Crippen molar-refractivity contribution < 1.29 is 13.6 Å². The second-order valence-electron chi connectivity index (χ2n) is 4.02. The summed E-state index contributed by atoms with van der Waals surface area (Å²) < 4.78 is 18.7. The lowest BCUT2D eigenvalue weighted by Crippen LogP contribution is -1.98. The van der Waals surface area contributed by atoms with Crippen molar-refractivity contribution >= 4 is 17.5 Å². The molecule has 0 N–H and O–H groups in total. The van der Waals surface area contributed by atoms with E-state index in [-0.39, 0.29) is 11.6 Å². The molecule has 0 aliphatic heterocycles. The van der Waals surface area contributed by atoms with E-state index in [9.17, 15) is 9.18 Å². The van der Waals surface area contributed by atoms with E-state index in [1.165, 1.54) is 24.8 Å². The maximum Gasteiger partial charge on any atom is 0.161 e. The molecule has 0 amide bonds. The molecule has 0 saturated carbocycles. The molecule has 0 unspecified atom stereocenters. The third-order valence-corrected chi connectivity index (χ3v) is 3.67. The summed E-state index contributed by atoms with van der Waals surface area (Å²) in [6.45, 7) is 3.14. The van der Waals surface area contributed by atoms with E-state index in [4.69, 9.17) is 4.42 Å². The Labute approximate surface area is 109 Å². The van der Waals surface area contributed by atoms with Crippen molar-refractivity contribution in [2.24, 2.45) is 0 Å². The van der Waals surface area contributed by atoms with Crippen molar-refractivity contribution in [3.8, 4) is 0 Å². The molecule has 1 aromatic heterocycles. The minimum absolute atomic E-state index is 0.129. The van der Waals surface area contributed by atoms with Crippen LogP contribution in [-0.2, 0) is 5.75 Å². The summed E-state index contributed by atoms with van der Waals surface area (Å²) in [5.74, 6) is 0.980. The Morgan fingerprint density at radius 2 is 2.22 bits per heavy atom. The molecule has 0 atom stereocenters.